The summed E-state index contributed by atoms with van der Waals surface area (Å²) in [7, 11) is 1.71. The van der Waals surface area contributed by atoms with E-state index in [4.69, 9.17) is 27.9 Å². The van der Waals surface area contributed by atoms with Gasteiger partial charge in [-0.25, -0.2) is 4.98 Å². The molecule has 21 heavy (non-hydrogen) atoms. The van der Waals surface area contributed by atoms with E-state index >= 15 is 0 Å². The van der Waals surface area contributed by atoms with Crippen LogP contribution in [0.1, 0.15) is 10.4 Å². The minimum atomic E-state index is -0.126. The second-order valence-electron chi connectivity index (χ2n) is 4.40. The summed E-state index contributed by atoms with van der Waals surface area (Å²) in [6, 6.07) is 10.3. The van der Waals surface area contributed by atoms with Crippen molar-refractivity contribution in [2.75, 3.05) is 20.2 Å². The molecule has 0 unspecified atom stereocenters. The van der Waals surface area contributed by atoms with Gasteiger partial charge in [-0.3, -0.25) is 4.79 Å². The highest BCUT2D eigenvalue weighted by Gasteiger charge is 2.12. The van der Waals surface area contributed by atoms with Crippen molar-refractivity contribution < 1.29 is 9.53 Å². The molecule has 0 atom stereocenters. The zero-order valence-corrected chi connectivity index (χ0v) is 12.9. The molecule has 0 saturated heterocycles. The molecule has 1 aromatic carbocycles. The lowest BCUT2D eigenvalue weighted by molar-refractivity contribution is 0.0773. The molecule has 110 valence electrons. The van der Waals surface area contributed by atoms with Gasteiger partial charge in [-0.1, -0.05) is 23.2 Å². The molecule has 0 aliphatic rings. The molecule has 2 rings (SSSR count). The Morgan fingerprint density at radius 1 is 1.24 bits per heavy atom. The molecule has 1 amide bonds. The first kappa shape index (κ1) is 15.6. The van der Waals surface area contributed by atoms with Crippen LogP contribution in [0.25, 0.3) is 0 Å². The number of ether oxygens (including phenoxy) is 1. The van der Waals surface area contributed by atoms with Crippen molar-refractivity contribution in [3.8, 4) is 5.75 Å². The zero-order valence-electron chi connectivity index (χ0n) is 11.4. The first-order chi connectivity index (χ1) is 10.1. The predicted octanol–water partition coefficient (Wildman–Crippen LogP) is 3.54. The largest absolute Gasteiger partial charge is 0.492 e. The summed E-state index contributed by atoms with van der Waals surface area (Å²) < 4.78 is 5.55. The van der Waals surface area contributed by atoms with Crippen molar-refractivity contribution in [1.82, 2.24) is 9.88 Å². The van der Waals surface area contributed by atoms with Crippen molar-refractivity contribution >= 4 is 29.1 Å². The molecule has 0 fully saturated rings. The third kappa shape index (κ3) is 4.62. The van der Waals surface area contributed by atoms with Crippen LogP contribution in [0, 0.1) is 0 Å². The van der Waals surface area contributed by atoms with Crippen LogP contribution in [-0.2, 0) is 0 Å². The monoisotopic (exact) mass is 324 g/mol. The van der Waals surface area contributed by atoms with E-state index in [0.29, 0.717) is 34.6 Å². The predicted molar refractivity (Wildman–Crippen MR) is 83.2 cm³/mol. The van der Waals surface area contributed by atoms with E-state index in [9.17, 15) is 4.79 Å². The highest BCUT2D eigenvalue weighted by atomic mass is 35.5. The number of nitrogens with zero attached hydrogens (tertiary/aromatic N) is 2. The van der Waals surface area contributed by atoms with Crippen molar-refractivity contribution in [2.45, 2.75) is 0 Å². The highest BCUT2D eigenvalue weighted by molar-refractivity contribution is 6.30. The molecule has 0 spiro atoms. The number of rotatable bonds is 5. The van der Waals surface area contributed by atoms with Gasteiger partial charge >= 0.3 is 0 Å². The molecular weight excluding hydrogens is 311 g/mol. The molecule has 0 radical (unpaired) electrons. The number of aromatic nitrogens is 1. The fraction of sp³-hybridized carbons (Fsp3) is 0.200. The summed E-state index contributed by atoms with van der Waals surface area (Å²) in [4.78, 5) is 17.6. The molecule has 2 aromatic rings. The topological polar surface area (TPSA) is 42.4 Å². The van der Waals surface area contributed by atoms with Gasteiger partial charge in [0.15, 0.2) is 0 Å². The molecule has 0 saturated carbocycles. The third-order valence-corrected chi connectivity index (χ3v) is 3.29. The van der Waals surface area contributed by atoms with Crippen LogP contribution in [0.15, 0.2) is 42.6 Å². The number of likely N-dealkylation sites (N-methyl/N-ethyl adjacent to an activating group) is 1. The maximum absolute atomic E-state index is 12.2. The van der Waals surface area contributed by atoms with E-state index in [-0.39, 0.29) is 5.91 Å². The molecule has 1 heterocycles. The molecule has 0 aliphatic heterocycles. The van der Waals surface area contributed by atoms with Crippen molar-refractivity contribution in [1.29, 1.82) is 0 Å². The highest BCUT2D eigenvalue weighted by Crippen LogP contribution is 2.15. The van der Waals surface area contributed by atoms with Gasteiger partial charge in [-0.15, -0.1) is 0 Å². The van der Waals surface area contributed by atoms with Crippen LogP contribution in [-0.4, -0.2) is 36.0 Å². The third-order valence-electron chi connectivity index (χ3n) is 2.83. The van der Waals surface area contributed by atoms with Crippen LogP contribution < -0.4 is 4.74 Å². The van der Waals surface area contributed by atoms with Crippen molar-refractivity contribution in [3.05, 3.63) is 58.3 Å². The standard InChI is InChI=1S/C15H14Cl2N2O2/c1-19(15(20)11-6-7-18-14(17)10-11)8-9-21-13-4-2-12(16)3-5-13/h2-7,10H,8-9H2,1H3. The Morgan fingerprint density at radius 2 is 1.95 bits per heavy atom. The number of halogens is 2. The van der Waals surface area contributed by atoms with E-state index in [2.05, 4.69) is 4.98 Å². The maximum Gasteiger partial charge on any atom is 0.253 e. The number of hydrogen-bond donors (Lipinski definition) is 0. The minimum Gasteiger partial charge on any atom is -0.492 e. The van der Waals surface area contributed by atoms with Gasteiger partial charge in [0.05, 0.1) is 6.54 Å². The maximum atomic E-state index is 12.2. The van der Waals surface area contributed by atoms with Gasteiger partial charge in [0, 0.05) is 23.8 Å². The van der Waals surface area contributed by atoms with Crippen molar-refractivity contribution in [2.24, 2.45) is 0 Å². The normalized spacial score (nSPS) is 10.2. The first-order valence-corrected chi connectivity index (χ1v) is 7.07. The van der Waals surface area contributed by atoms with E-state index in [1.165, 1.54) is 6.20 Å². The molecule has 0 aliphatic carbocycles. The molecule has 6 heteroatoms. The minimum absolute atomic E-state index is 0.126. The van der Waals surface area contributed by atoms with E-state index in [1.54, 1.807) is 48.3 Å². The smallest absolute Gasteiger partial charge is 0.253 e. The Morgan fingerprint density at radius 3 is 2.62 bits per heavy atom. The van der Waals surface area contributed by atoms with Gasteiger partial charge in [-0.05, 0) is 36.4 Å². The second-order valence-corrected chi connectivity index (χ2v) is 5.22. The summed E-state index contributed by atoms with van der Waals surface area (Å²) in [6.07, 6.45) is 1.51. The summed E-state index contributed by atoms with van der Waals surface area (Å²) >= 11 is 11.6. The number of benzene rings is 1. The van der Waals surface area contributed by atoms with Gasteiger partial charge in [0.1, 0.15) is 17.5 Å². The van der Waals surface area contributed by atoms with E-state index in [0.717, 1.165) is 0 Å². The van der Waals surface area contributed by atoms with Gasteiger partial charge in [0.2, 0.25) is 0 Å². The Kier molecular flexibility index (Phi) is 5.42. The summed E-state index contributed by atoms with van der Waals surface area (Å²) in [6.45, 7) is 0.851. The number of hydrogen-bond acceptors (Lipinski definition) is 3. The molecule has 4 nitrogen and oxygen atoms in total. The zero-order chi connectivity index (χ0) is 15.2. The SMILES string of the molecule is CN(CCOc1ccc(Cl)cc1)C(=O)c1ccnc(Cl)c1. The van der Waals surface area contributed by atoms with Gasteiger partial charge in [0.25, 0.3) is 5.91 Å². The number of amides is 1. The fourth-order valence-electron chi connectivity index (χ4n) is 1.69. The van der Waals surface area contributed by atoms with Crippen LogP contribution in [0.2, 0.25) is 10.2 Å². The molecular formula is C15H14Cl2N2O2. The van der Waals surface area contributed by atoms with Crippen LogP contribution >= 0.6 is 23.2 Å². The molecule has 1 aromatic heterocycles. The lowest BCUT2D eigenvalue weighted by Gasteiger charge is -2.17. The van der Waals surface area contributed by atoms with E-state index in [1.807, 2.05) is 0 Å². The number of carbonyl (C=O) groups excluding carboxylic acids is 1. The van der Waals surface area contributed by atoms with E-state index < -0.39 is 0 Å². The number of pyridine rings is 1. The van der Waals surface area contributed by atoms with Crippen molar-refractivity contribution in [3.63, 3.8) is 0 Å². The quantitative estimate of drug-likeness (QED) is 0.790. The molecule has 0 N–H and O–H groups in total. The summed E-state index contributed by atoms with van der Waals surface area (Å²) in [5, 5.41) is 0.955. The average molecular weight is 325 g/mol. The molecule has 0 bridgehead atoms. The van der Waals surface area contributed by atoms with Crippen LogP contribution in [0.5, 0.6) is 5.75 Å². The average Bonchev–Trinajstić information content (AvgIpc) is 2.48. The lowest BCUT2D eigenvalue weighted by atomic mass is 10.2. The van der Waals surface area contributed by atoms with Gasteiger partial charge in [-0.2, -0.15) is 0 Å². The lowest BCUT2D eigenvalue weighted by Crippen LogP contribution is -2.30. The summed E-state index contributed by atoms with van der Waals surface area (Å²) in [5.74, 6) is 0.589. The summed E-state index contributed by atoms with van der Waals surface area (Å²) in [5.41, 5.74) is 0.504. The van der Waals surface area contributed by atoms with Crippen LogP contribution in [0.4, 0.5) is 0 Å². The Hall–Kier alpha value is -1.78. The second kappa shape index (κ2) is 7.29. The number of carbonyl (C=O) groups is 1. The van der Waals surface area contributed by atoms with Crippen LogP contribution in [0.3, 0.4) is 0 Å². The Bertz CT molecular complexity index is 617. The first-order valence-electron chi connectivity index (χ1n) is 6.31. The Labute approximate surface area is 133 Å². The van der Waals surface area contributed by atoms with Gasteiger partial charge < -0.3 is 9.64 Å². The Balaban J connectivity index is 1.85. The fourth-order valence-corrected chi connectivity index (χ4v) is 1.99.